The lowest BCUT2D eigenvalue weighted by atomic mass is 10.2. The number of benzene rings is 1. The van der Waals surface area contributed by atoms with Gasteiger partial charge in [-0.15, -0.1) is 0 Å². The zero-order chi connectivity index (χ0) is 17.5. The molecule has 1 unspecified atom stereocenters. The maximum absolute atomic E-state index is 12.6. The molecule has 0 saturated carbocycles. The SMILES string of the molecule is CCC(C)N(CCC(=O)N1CCCC1)C(=O)Nc1cccc(Cl)c1. The van der Waals surface area contributed by atoms with Crippen molar-refractivity contribution >= 4 is 29.2 Å². The van der Waals surface area contributed by atoms with E-state index < -0.39 is 0 Å². The van der Waals surface area contributed by atoms with E-state index in [1.54, 1.807) is 29.2 Å². The zero-order valence-corrected chi connectivity index (χ0v) is 15.2. The Balaban J connectivity index is 1.96. The summed E-state index contributed by atoms with van der Waals surface area (Å²) in [6.45, 7) is 6.15. The molecule has 0 bridgehead atoms. The highest BCUT2D eigenvalue weighted by molar-refractivity contribution is 6.30. The standard InChI is InChI=1S/C18H26ClN3O2/c1-3-14(2)22(12-9-17(23)21-10-4-5-11-21)18(24)20-16-8-6-7-15(19)13-16/h6-8,13-14H,3-5,9-12H2,1-2H3,(H,20,24). The molecule has 1 heterocycles. The molecular formula is C18H26ClN3O2. The first-order chi connectivity index (χ1) is 11.5. The number of anilines is 1. The molecule has 1 atom stereocenters. The Labute approximate surface area is 149 Å². The quantitative estimate of drug-likeness (QED) is 0.842. The third-order valence-electron chi connectivity index (χ3n) is 4.48. The topological polar surface area (TPSA) is 52.7 Å². The van der Waals surface area contributed by atoms with Crippen LogP contribution in [0.25, 0.3) is 0 Å². The molecule has 1 fully saturated rings. The molecule has 0 spiro atoms. The maximum atomic E-state index is 12.6. The van der Waals surface area contributed by atoms with Gasteiger partial charge in [0, 0.05) is 42.8 Å². The van der Waals surface area contributed by atoms with Crippen LogP contribution in [0, 0.1) is 0 Å². The van der Waals surface area contributed by atoms with Gasteiger partial charge in [0.05, 0.1) is 0 Å². The Hall–Kier alpha value is -1.75. The molecule has 1 aliphatic heterocycles. The summed E-state index contributed by atoms with van der Waals surface area (Å²) in [5.41, 5.74) is 0.659. The van der Waals surface area contributed by atoms with Gasteiger partial charge in [0.1, 0.15) is 0 Å². The van der Waals surface area contributed by atoms with Crippen molar-refractivity contribution in [2.75, 3.05) is 25.0 Å². The number of carbonyl (C=O) groups is 2. The molecule has 6 heteroatoms. The van der Waals surface area contributed by atoms with Gasteiger partial charge < -0.3 is 15.1 Å². The second kappa shape index (κ2) is 8.92. The van der Waals surface area contributed by atoms with Gasteiger partial charge in [-0.2, -0.15) is 0 Å². The van der Waals surface area contributed by atoms with E-state index in [0.717, 1.165) is 32.4 Å². The molecule has 0 radical (unpaired) electrons. The Morgan fingerprint density at radius 3 is 2.67 bits per heavy atom. The van der Waals surface area contributed by atoms with Crippen molar-refractivity contribution in [1.29, 1.82) is 0 Å². The van der Waals surface area contributed by atoms with Crippen LogP contribution in [0.3, 0.4) is 0 Å². The second-order valence-electron chi connectivity index (χ2n) is 6.23. The van der Waals surface area contributed by atoms with Gasteiger partial charge in [0.2, 0.25) is 5.91 Å². The number of rotatable bonds is 6. The first-order valence-electron chi connectivity index (χ1n) is 8.62. The lowest BCUT2D eigenvalue weighted by molar-refractivity contribution is -0.130. The van der Waals surface area contributed by atoms with Crippen LogP contribution in [0.1, 0.15) is 39.5 Å². The molecule has 0 aromatic heterocycles. The fourth-order valence-electron chi connectivity index (χ4n) is 2.84. The summed E-state index contributed by atoms with van der Waals surface area (Å²) in [6.07, 6.45) is 3.36. The maximum Gasteiger partial charge on any atom is 0.322 e. The smallest absolute Gasteiger partial charge is 0.322 e. The van der Waals surface area contributed by atoms with Crippen molar-refractivity contribution in [2.24, 2.45) is 0 Å². The lowest BCUT2D eigenvalue weighted by Crippen LogP contribution is -2.43. The number of nitrogens with one attached hydrogen (secondary N) is 1. The van der Waals surface area contributed by atoms with Crippen LogP contribution >= 0.6 is 11.6 Å². The van der Waals surface area contributed by atoms with Crippen molar-refractivity contribution in [1.82, 2.24) is 9.80 Å². The average Bonchev–Trinajstić information content (AvgIpc) is 3.09. The van der Waals surface area contributed by atoms with Crippen molar-refractivity contribution in [3.05, 3.63) is 29.3 Å². The summed E-state index contributed by atoms with van der Waals surface area (Å²) >= 11 is 5.96. The van der Waals surface area contributed by atoms with E-state index in [-0.39, 0.29) is 18.0 Å². The molecule has 5 nitrogen and oxygen atoms in total. The first kappa shape index (κ1) is 18.6. The summed E-state index contributed by atoms with van der Waals surface area (Å²) in [5, 5.41) is 3.45. The number of carbonyl (C=O) groups excluding carboxylic acids is 2. The largest absolute Gasteiger partial charge is 0.343 e. The second-order valence-corrected chi connectivity index (χ2v) is 6.67. The van der Waals surface area contributed by atoms with Crippen LogP contribution in [0.2, 0.25) is 5.02 Å². The molecule has 1 aromatic carbocycles. The Morgan fingerprint density at radius 2 is 2.04 bits per heavy atom. The highest BCUT2D eigenvalue weighted by Crippen LogP contribution is 2.17. The van der Waals surface area contributed by atoms with Gasteiger partial charge in [-0.25, -0.2) is 4.79 Å². The van der Waals surface area contributed by atoms with Gasteiger partial charge in [-0.1, -0.05) is 24.6 Å². The molecule has 132 valence electrons. The fourth-order valence-corrected chi connectivity index (χ4v) is 3.04. The summed E-state index contributed by atoms with van der Waals surface area (Å²) < 4.78 is 0. The zero-order valence-electron chi connectivity index (χ0n) is 14.4. The third-order valence-corrected chi connectivity index (χ3v) is 4.72. The first-order valence-corrected chi connectivity index (χ1v) is 9.00. The van der Waals surface area contributed by atoms with Gasteiger partial charge in [-0.05, 0) is 44.4 Å². The Morgan fingerprint density at radius 1 is 1.33 bits per heavy atom. The highest BCUT2D eigenvalue weighted by Gasteiger charge is 2.23. The Kier molecular flexibility index (Phi) is 6.91. The molecule has 1 aliphatic rings. The molecule has 24 heavy (non-hydrogen) atoms. The average molecular weight is 352 g/mol. The van der Waals surface area contributed by atoms with Crippen LogP contribution in [-0.4, -0.2) is 47.4 Å². The monoisotopic (exact) mass is 351 g/mol. The number of amides is 3. The molecule has 0 aliphatic carbocycles. The number of hydrogen-bond acceptors (Lipinski definition) is 2. The molecule has 2 rings (SSSR count). The van der Waals surface area contributed by atoms with Gasteiger partial charge in [0.15, 0.2) is 0 Å². The minimum absolute atomic E-state index is 0.0653. The van der Waals surface area contributed by atoms with Crippen LogP contribution in [0.5, 0.6) is 0 Å². The number of hydrogen-bond donors (Lipinski definition) is 1. The molecule has 3 amide bonds. The normalized spacial score (nSPS) is 15.2. The van der Waals surface area contributed by atoms with Crippen molar-refractivity contribution < 1.29 is 9.59 Å². The number of nitrogens with zero attached hydrogens (tertiary/aromatic N) is 2. The van der Waals surface area contributed by atoms with E-state index in [4.69, 9.17) is 11.6 Å². The summed E-state index contributed by atoms with van der Waals surface area (Å²) in [5.74, 6) is 0.136. The molecule has 1 saturated heterocycles. The van der Waals surface area contributed by atoms with E-state index in [1.165, 1.54) is 0 Å². The van der Waals surface area contributed by atoms with Crippen molar-refractivity contribution in [3.8, 4) is 0 Å². The predicted octanol–water partition coefficient (Wildman–Crippen LogP) is 3.98. The molecule has 1 aromatic rings. The Bertz CT molecular complexity index is 573. The van der Waals surface area contributed by atoms with Crippen molar-refractivity contribution in [3.63, 3.8) is 0 Å². The number of halogens is 1. The summed E-state index contributed by atoms with van der Waals surface area (Å²) in [7, 11) is 0. The van der Waals surface area contributed by atoms with Crippen LogP contribution < -0.4 is 5.32 Å². The van der Waals surface area contributed by atoms with Crippen LogP contribution in [-0.2, 0) is 4.79 Å². The molecular weight excluding hydrogens is 326 g/mol. The van der Waals surface area contributed by atoms with E-state index in [0.29, 0.717) is 23.7 Å². The van der Waals surface area contributed by atoms with E-state index >= 15 is 0 Å². The van der Waals surface area contributed by atoms with Gasteiger partial charge in [-0.3, -0.25) is 4.79 Å². The predicted molar refractivity (Wildman–Crippen MR) is 97.4 cm³/mol. The van der Waals surface area contributed by atoms with E-state index in [9.17, 15) is 9.59 Å². The van der Waals surface area contributed by atoms with E-state index in [2.05, 4.69) is 5.32 Å². The van der Waals surface area contributed by atoms with Gasteiger partial charge >= 0.3 is 6.03 Å². The fraction of sp³-hybridized carbons (Fsp3) is 0.556. The third kappa shape index (κ3) is 5.13. The minimum atomic E-state index is -0.194. The number of likely N-dealkylation sites (tertiary alicyclic amines) is 1. The molecule has 1 N–H and O–H groups in total. The summed E-state index contributed by atoms with van der Waals surface area (Å²) in [4.78, 5) is 28.5. The van der Waals surface area contributed by atoms with Crippen LogP contribution in [0.4, 0.5) is 10.5 Å². The lowest BCUT2D eigenvalue weighted by Gasteiger charge is -2.29. The van der Waals surface area contributed by atoms with E-state index in [1.807, 2.05) is 18.7 Å². The van der Waals surface area contributed by atoms with Crippen molar-refractivity contribution in [2.45, 2.75) is 45.6 Å². The minimum Gasteiger partial charge on any atom is -0.343 e. The summed E-state index contributed by atoms with van der Waals surface area (Å²) in [6, 6.07) is 6.94. The number of urea groups is 1. The van der Waals surface area contributed by atoms with Gasteiger partial charge in [0.25, 0.3) is 0 Å². The van der Waals surface area contributed by atoms with Crippen LogP contribution in [0.15, 0.2) is 24.3 Å². The highest BCUT2D eigenvalue weighted by atomic mass is 35.5.